The van der Waals surface area contributed by atoms with Crippen LogP contribution in [0, 0.1) is 10.1 Å². The third-order valence-electron chi connectivity index (χ3n) is 2.01. The fourth-order valence-electron chi connectivity index (χ4n) is 1.11. The molecule has 0 aliphatic carbocycles. The van der Waals surface area contributed by atoms with Crippen LogP contribution in [0.2, 0.25) is 0 Å². The Bertz CT molecular complexity index is 614. The molecule has 10 nitrogen and oxygen atoms in total. The summed E-state index contributed by atoms with van der Waals surface area (Å²) in [6, 6.07) is 0.755. The maximum atomic E-state index is 11.7. The van der Waals surface area contributed by atoms with Gasteiger partial charge in [0.05, 0.1) is 11.3 Å². The van der Waals surface area contributed by atoms with Crippen LogP contribution in [-0.2, 0) is 14.8 Å². The molecule has 0 atom stereocenters. The molecule has 1 aromatic rings. The van der Waals surface area contributed by atoms with Crippen molar-refractivity contribution in [3.05, 3.63) is 22.4 Å². The first kappa shape index (κ1) is 14.8. The highest BCUT2D eigenvalue weighted by Gasteiger charge is 2.21. The number of nitro groups is 1. The van der Waals surface area contributed by atoms with E-state index in [1.807, 2.05) is 4.72 Å². The van der Waals surface area contributed by atoms with Gasteiger partial charge in [0.25, 0.3) is 0 Å². The number of nitrogens with one attached hydrogen (secondary N) is 1. The molecule has 0 fully saturated rings. The molecule has 1 heterocycles. The lowest BCUT2D eigenvalue weighted by molar-refractivity contribution is -0.384. The lowest BCUT2D eigenvalue weighted by atomic mass is 10.4. The lowest BCUT2D eigenvalue weighted by Gasteiger charge is -2.05. The number of nitrogens with zero attached hydrogens (tertiary/aromatic N) is 2. The minimum Gasteiger partial charge on any atom is -0.481 e. The smallest absolute Gasteiger partial charge is 0.312 e. The number of rotatable bonds is 6. The Morgan fingerprint density at radius 2 is 2.21 bits per heavy atom. The monoisotopic (exact) mass is 290 g/mol. The summed E-state index contributed by atoms with van der Waals surface area (Å²) in [7, 11) is -4.06. The average molecular weight is 290 g/mol. The van der Waals surface area contributed by atoms with Gasteiger partial charge in [0, 0.05) is 18.8 Å². The fourth-order valence-corrected chi connectivity index (χ4v) is 2.11. The quantitative estimate of drug-likeness (QED) is 0.458. The maximum absolute atomic E-state index is 11.7. The SMILES string of the molecule is Nc1ncc(S(=O)(=O)NCCC(=O)O)cc1[N+](=O)[O-]. The zero-order chi connectivity index (χ0) is 14.6. The number of pyridine rings is 1. The molecule has 0 aromatic carbocycles. The maximum Gasteiger partial charge on any atom is 0.312 e. The van der Waals surface area contributed by atoms with E-state index >= 15 is 0 Å². The van der Waals surface area contributed by atoms with Crippen molar-refractivity contribution in [3.8, 4) is 0 Å². The molecule has 104 valence electrons. The molecule has 1 aromatic heterocycles. The second kappa shape index (κ2) is 5.58. The average Bonchev–Trinajstić information content (AvgIpc) is 2.27. The third kappa shape index (κ3) is 3.86. The van der Waals surface area contributed by atoms with Crippen molar-refractivity contribution in [2.75, 3.05) is 12.3 Å². The number of sulfonamides is 1. The van der Waals surface area contributed by atoms with E-state index in [-0.39, 0.29) is 6.54 Å². The Morgan fingerprint density at radius 3 is 2.74 bits per heavy atom. The summed E-state index contributed by atoms with van der Waals surface area (Å²) in [6.45, 7) is -0.337. The number of aliphatic carboxylic acids is 1. The van der Waals surface area contributed by atoms with Gasteiger partial charge in [-0.15, -0.1) is 0 Å². The zero-order valence-corrected chi connectivity index (χ0v) is 10.3. The van der Waals surface area contributed by atoms with Crippen molar-refractivity contribution >= 4 is 27.5 Å². The predicted molar refractivity (Wildman–Crippen MR) is 62.7 cm³/mol. The summed E-state index contributed by atoms with van der Waals surface area (Å²) in [6.07, 6.45) is 0.440. The Kier molecular flexibility index (Phi) is 4.34. The Labute approximate surface area is 107 Å². The number of hydrogen-bond donors (Lipinski definition) is 3. The van der Waals surface area contributed by atoms with Gasteiger partial charge in [-0.2, -0.15) is 0 Å². The molecule has 0 bridgehead atoms. The summed E-state index contributed by atoms with van der Waals surface area (Å²) in [5, 5.41) is 19.0. The van der Waals surface area contributed by atoms with E-state index in [1.165, 1.54) is 0 Å². The van der Waals surface area contributed by atoms with Crippen LogP contribution in [0.3, 0.4) is 0 Å². The van der Waals surface area contributed by atoms with Gasteiger partial charge in [0.1, 0.15) is 4.90 Å². The van der Waals surface area contributed by atoms with E-state index in [2.05, 4.69) is 4.98 Å². The number of hydrogen-bond acceptors (Lipinski definition) is 7. The molecular formula is C8H10N4O6S. The van der Waals surface area contributed by atoms with Crippen LogP contribution in [0.1, 0.15) is 6.42 Å². The number of carboxylic acids is 1. The largest absolute Gasteiger partial charge is 0.481 e. The minimum atomic E-state index is -4.06. The molecule has 0 aliphatic rings. The van der Waals surface area contributed by atoms with Gasteiger partial charge in [-0.3, -0.25) is 14.9 Å². The Morgan fingerprint density at radius 1 is 1.58 bits per heavy atom. The number of nitrogen functional groups attached to an aromatic ring is 1. The molecule has 0 saturated carbocycles. The predicted octanol–water partition coefficient (Wildman–Crippen LogP) is -0.675. The van der Waals surface area contributed by atoms with Gasteiger partial charge in [-0.1, -0.05) is 0 Å². The van der Waals surface area contributed by atoms with Crippen LogP contribution in [0.25, 0.3) is 0 Å². The van der Waals surface area contributed by atoms with Gasteiger partial charge < -0.3 is 10.8 Å². The highest BCUT2D eigenvalue weighted by Crippen LogP contribution is 2.21. The summed E-state index contributed by atoms with van der Waals surface area (Å²) >= 11 is 0. The molecule has 0 aliphatic heterocycles. The summed E-state index contributed by atoms with van der Waals surface area (Å²) in [4.78, 5) is 22.9. The first-order chi connectivity index (χ1) is 8.74. The van der Waals surface area contributed by atoms with Crippen LogP contribution in [0.5, 0.6) is 0 Å². The van der Waals surface area contributed by atoms with Crippen LogP contribution < -0.4 is 10.5 Å². The van der Waals surface area contributed by atoms with Crippen LogP contribution in [0.15, 0.2) is 17.2 Å². The molecule has 0 unspecified atom stereocenters. The van der Waals surface area contributed by atoms with E-state index in [1.54, 1.807) is 0 Å². The number of nitrogens with two attached hydrogens (primary N) is 1. The van der Waals surface area contributed by atoms with Gasteiger partial charge in [0.2, 0.25) is 15.8 Å². The van der Waals surface area contributed by atoms with Gasteiger partial charge in [-0.05, 0) is 0 Å². The number of carbonyl (C=O) groups is 1. The number of aromatic nitrogens is 1. The molecular weight excluding hydrogens is 280 g/mol. The molecule has 4 N–H and O–H groups in total. The van der Waals surface area contributed by atoms with Crippen molar-refractivity contribution in [1.29, 1.82) is 0 Å². The van der Waals surface area contributed by atoms with Crippen molar-refractivity contribution in [2.24, 2.45) is 0 Å². The first-order valence-electron chi connectivity index (χ1n) is 4.85. The second-order valence-corrected chi connectivity index (χ2v) is 5.14. The highest BCUT2D eigenvalue weighted by atomic mass is 32.2. The first-order valence-corrected chi connectivity index (χ1v) is 6.33. The molecule has 11 heteroatoms. The molecule has 19 heavy (non-hydrogen) atoms. The molecule has 1 rings (SSSR count). The fraction of sp³-hybridized carbons (Fsp3) is 0.250. The molecule has 0 radical (unpaired) electrons. The van der Waals surface area contributed by atoms with Crippen molar-refractivity contribution in [2.45, 2.75) is 11.3 Å². The van der Waals surface area contributed by atoms with Crippen molar-refractivity contribution < 1.29 is 23.2 Å². The summed E-state index contributed by atoms with van der Waals surface area (Å²) in [5.41, 5.74) is 4.59. The second-order valence-electron chi connectivity index (χ2n) is 3.37. The summed E-state index contributed by atoms with van der Waals surface area (Å²) < 4.78 is 25.4. The molecule has 0 saturated heterocycles. The van der Waals surface area contributed by atoms with E-state index in [0.717, 1.165) is 12.3 Å². The third-order valence-corrected chi connectivity index (χ3v) is 3.44. The summed E-state index contributed by atoms with van der Waals surface area (Å²) in [5.74, 6) is -1.58. The Hall–Kier alpha value is -2.27. The minimum absolute atomic E-state index is 0.337. The van der Waals surface area contributed by atoms with Crippen LogP contribution in [-0.4, -0.2) is 35.9 Å². The zero-order valence-electron chi connectivity index (χ0n) is 9.44. The van der Waals surface area contributed by atoms with Crippen molar-refractivity contribution in [1.82, 2.24) is 9.71 Å². The van der Waals surface area contributed by atoms with Gasteiger partial charge in [0.15, 0.2) is 0 Å². The molecule has 0 amide bonds. The van der Waals surface area contributed by atoms with Crippen LogP contribution >= 0.6 is 0 Å². The standard InChI is InChI=1S/C8H10N4O6S/c9-8-6(12(15)16)3-5(4-10-8)19(17,18)11-2-1-7(13)14/h3-4,11H,1-2H2,(H2,9,10)(H,13,14). The number of anilines is 1. The Balaban J connectivity index is 2.99. The van der Waals surface area contributed by atoms with Gasteiger partial charge >= 0.3 is 11.7 Å². The van der Waals surface area contributed by atoms with E-state index < -0.39 is 43.7 Å². The topological polar surface area (TPSA) is 166 Å². The lowest BCUT2D eigenvalue weighted by Crippen LogP contribution is -2.26. The number of carboxylic acid groups (broad SMARTS) is 1. The normalized spacial score (nSPS) is 11.2. The van der Waals surface area contributed by atoms with Gasteiger partial charge in [-0.25, -0.2) is 18.1 Å². The highest BCUT2D eigenvalue weighted by molar-refractivity contribution is 7.89. The van der Waals surface area contributed by atoms with E-state index in [4.69, 9.17) is 10.8 Å². The van der Waals surface area contributed by atoms with Crippen LogP contribution in [0.4, 0.5) is 11.5 Å². The van der Waals surface area contributed by atoms with E-state index in [9.17, 15) is 23.3 Å². The van der Waals surface area contributed by atoms with E-state index in [0.29, 0.717) is 0 Å². The molecule has 0 spiro atoms. The van der Waals surface area contributed by atoms with Crippen molar-refractivity contribution in [3.63, 3.8) is 0 Å².